The van der Waals surface area contributed by atoms with Crippen LogP contribution in [0.15, 0.2) is 32.9 Å². The van der Waals surface area contributed by atoms with Crippen LogP contribution in [0.5, 0.6) is 11.5 Å². The largest absolute Gasteiger partial charge is 0.573 e. The lowest BCUT2D eigenvalue weighted by Gasteiger charge is -2.33. The van der Waals surface area contributed by atoms with Gasteiger partial charge in [-0.15, -0.1) is 13.2 Å². The molecule has 0 bridgehead atoms. The molecule has 9 heteroatoms. The molecule has 2 unspecified atom stereocenters. The van der Waals surface area contributed by atoms with Gasteiger partial charge in [-0.2, -0.15) is 11.8 Å². The Bertz CT molecular complexity index is 881. The Labute approximate surface area is 166 Å². The van der Waals surface area contributed by atoms with Crippen molar-refractivity contribution in [2.75, 3.05) is 5.75 Å². The fourth-order valence-electron chi connectivity index (χ4n) is 3.91. The number of nitrogens with zero attached hydrogens (tertiary/aromatic N) is 1. The summed E-state index contributed by atoms with van der Waals surface area (Å²) in [5, 5.41) is 10.4. The van der Waals surface area contributed by atoms with Crippen molar-refractivity contribution in [1.82, 2.24) is 0 Å². The van der Waals surface area contributed by atoms with Crippen LogP contribution in [0.2, 0.25) is 0 Å². The second-order valence-corrected chi connectivity index (χ2v) is 8.75. The van der Waals surface area contributed by atoms with Crippen LogP contribution in [0.3, 0.4) is 0 Å². The highest BCUT2D eigenvalue weighted by Gasteiger charge is 2.43. The van der Waals surface area contributed by atoms with Gasteiger partial charge < -0.3 is 9.84 Å². The fraction of sp³-hybridized carbons (Fsp3) is 0.444. The number of carbonyl (C=O) groups excluding carboxylic acids is 1. The molecule has 1 saturated heterocycles. The molecule has 0 aromatic heterocycles. The van der Waals surface area contributed by atoms with E-state index in [0.717, 1.165) is 36.1 Å². The van der Waals surface area contributed by atoms with E-state index in [1.807, 2.05) is 0 Å². The Balaban J connectivity index is 1.81. The van der Waals surface area contributed by atoms with Crippen LogP contribution < -0.4 is 4.74 Å². The van der Waals surface area contributed by atoms with Crippen LogP contribution in [0.4, 0.5) is 13.2 Å². The number of hydrogen-bond acceptors (Lipinski definition) is 5. The van der Waals surface area contributed by atoms with Crippen molar-refractivity contribution >= 4 is 39.2 Å². The Kier molecular flexibility index (Phi) is 4.78. The molecule has 4 rings (SSSR count). The number of ether oxygens (including phenoxy) is 1. The number of phenolic OH excluding ortho intramolecular Hbond substituents is 1. The molecular formula is C18H15BrF3NO3S. The van der Waals surface area contributed by atoms with Gasteiger partial charge in [-0.3, -0.25) is 9.79 Å². The van der Waals surface area contributed by atoms with Crippen LogP contribution in [-0.2, 0) is 4.79 Å². The summed E-state index contributed by atoms with van der Waals surface area (Å²) in [7, 11) is 0. The maximum atomic E-state index is 12.6. The fourth-order valence-corrected chi connectivity index (χ4v) is 5.77. The van der Waals surface area contributed by atoms with Gasteiger partial charge in [0.2, 0.25) is 0 Å². The summed E-state index contributed by atoms with van der Waals surface area (Å²) in [6.07, 6.45) is -2.18. The smallest absolute Gasteiger partial charge is 0.508 e. The third kappa shape index (κ3) is 3.51. The van der Waals surface area contributed by atoms with E-state index in [1.54, 1.807) is 11.8 Å². The Morgan fingerprint density at radius 3 is 2.78 bits per heavy atom. The maximum absolute atomic E-state index is 12.6. The summed E-state index contributed by atoms with van der Waals surface area (Å²) in [6.45, 7) is 0. The van der Waals surface area contributed by atoms with Gasteiger partial charge in [-0.25, -0.2) is 0 Å². The van der Waals surface area contributed by atoms with Gasteiger partial charge >= 0.3 is 6.36 Å². The van der Waals surface area contributed by atoms with Gasteiger partial charge in [0.25, 0.3) is 0 Å². The molecule has 1 N–H and O–H groups in total. The number of ketones is 1. The lowest BCUT2D eigenvalue weighted by Crippen LogP contribution is -2.32. The second kappa shape index (κ2) is 6.84. The van der Waals surface area contributed by atoms with Gasteiger partial charge in [0.1, 0.15) is 11.5 Å². The van der Waals surface area contributed by atoms with Crippen LogP contribution in [0.1, 0.15) is 37.2 Å². The number of aromatic hydroxyl groups is 1. The first-order valence-corrected chi connectivity index (χ1v) is 10.3. The van der Waals surface area contributed by atoms with Gasteiger partial charge in [-0.1, -0.05) is 0 Å². The average molecular weight is 462 g/mol. The molecule has 2 atom stereocenters. The number of Topliss-reactive ketones (excluding diaryl/α,β-unsaturated/α-hetero) is 1. The van der Waals surface area contributed by atoms with Crippen molar-refractivity contribution in [3.8, 4) is 11.5 Å². The summed E-state index contributed by atoms with van der Waals surface area (Å²) in [4.78, 5) is 17.3. The number of thioether (sulfide) groups is 1. The van der Waals surface area contributed by atoms with Crippen molar-refractivity contribution in [2.24, 2.45) is 4.99 Å². The van der Waals surface area contributed by atoms with E-state index in [0.29, 0.717) is 24.0 Å². The molecule has 1 aliphatic carbocycles. The zero-order chi connectivity index (χ0) is 19.3. The van der Waals surface area contributed by atoms with Crippen molar-refractivity contribution in [1.29, 1.82) is 0 Å². The molecule has 0 amide bonds. The SMILES string of the molecule is O=C1CCCC2=C1C(c1cc(Br)c(OC(F)(F)F)cc1O)C1SCCC1=N2. The van der Waals surface area contributed by atoms with E-state index in [4.69, 9.17) is 4.99 Å². The number of rotatable bonds is 2. The number of hydrogen-bond donors (Lipinski definition) is 1. The molecule has 0 saturated carbocycles. The van der Waals surface area contributed by atoms with E-state index in [1.165, 1.54) is 6.07 Å². The van der Waals surface area contributed by atoms with Gasteiger partial charge in [0.15, 0.2) is 5.78 Å². The predicted octanol–water partition coefficient (Wildman–Crippen LogP) is 5.10. The maximum Gasteiger partial charge on any atom is 0.573 e. The first-order chi connectivity index (χ1) is 12.7. The number of halogens is 4. The van der Waals surface area contributed by atoms with Crippen LogP contribution >= 0.6 is 27.7 Å². The number of benzene rings is 1. The molecule has 0 radical (unpaired) electrons. The van der Waals surface area contributed by atoms with Gasteiger partial charge in [0.05, 0.1) is 9.72 Å². The molecule has 1 aromatic carbocycles. The molecule has 3 aliphatic rings. The van der Waals surface area contributed by atoms with E-state index >= 15 is 0 Å². The molecule has 2 heterocycles. The quantitative estimate of drug-likeness (QED) is 0.664. The third-order valence-electron chi connectivity index (χ3n) is 4.95. The van der Waals surface area contributed by atoms with Crippen molar-refractivity contribution in [3.63, 3.8) is 0 Å². The number of alkyl halides is 3. The molecule has 27 heavy (non-hydrogen) atoms. The topological polar surface area (TPSA) is 58.9 Å². The zero-order valence-electron chi connectivity index (χ0n) is 14.0. The molecule has 2 aliphatic heterocycles. The third-order valence-corrected chi connectivity index (χ3v) is 6.91. The van der Waals surface area contributed by atoms with Crippen LogP contribution in [0.25, 0.3) is 0 Å². The zero-order valence-corrected chi connectivity index (χ0v) is 16.4. The number of carbonyl (C=O) groups is 1. The minimum Gasteiger partial charge on any atom is -0.508 e. The van der Waals surface area contributed by atoms with Crippen LogP contribution in [0, 0.1) is 0 Å². The van der Waals surface area contributed by atoms with E-state index in [-0.39, 0.29) is 21.3 Å². The minimum atomic E-state index is -4.86. The summed E-state index contributed by atoms with van der Waals surface area (Å²) in [5.74, 6) is -0.378. The number of phenols is 1. The van der Waals surface area contributed by atoms with E-state index in [2.05, 4.69) is 20.7 Å². The van der Waals surface area contributed by atoms with Crippen LogP contribution in [-0.4, -0.2) is 34.0 Å². The molecule has 1 aromatic rings. The summed E-state index contributed by atoms with van der Waals surface area (Å²) in [5.41, 5.74) is 2.77. The highest BCUT2D eigenvalue weighted by atomic mass is 79.9. The molecule has 144 valence electrons. The van der Waals surface area contributed by atoms with Crippen molar-refractivity contribution < 1.29 is 27.8 Å². The van der Waals surface area contributed by atoms with Crippen molar-refractivity contribution in [2.45, 2.75) is 43.2 Å². The normalized spacial score (nSPS) is 25.2. The monoisotopic (exact) mass is 461 g/mol. The average Bonchev–Trinajstić information content (AvgIpc) is 3.03. The number of aliphatic imine (C=N–C) groups is 1. The number of allylic oxidation sites excluding steroid dienone is 2. The Morgan fingerprint density at radius 2 is 2.04 bits per heavy atom. The highest BCUT2D eigenvalue weighted by molar-refractivity contribution is 9.10. The lowest BCUT2D eigenvalue weighted by molar-refractivity contribution is -0.274. The minimum absolute atomic E-state index is 0.00249. The van der Waals surface area contributed by atoms with Crippen molar-refractivity contribution in [3.05, 3.63) is 33.4 Å². The second-order valence-electron chi connectivity index (χ2n) is 6.65. The first-order valence-electron chi connectivity index (χ1n) is 8.48. The molecule has 0 spiro atoms. The molecular weight excluding hydrogens is 447 g/mol. The summed E-state index contributed by atoms with van der Waals surface area (Å²) in [6, 6.07) is 2.38. The number of fused-ring (bicyclic) bond motifs is 1. The Hall–Kier alpha value is -1.48. The molecule has 4 nitrogen and oxygen atoms in total. The van der Waals surface area contributed by atoms with Gasteiger partial charge in [-0.05, 0) is 47.0 Å². The first kappa shape index (κ1) is 18.9. The van der Waals surface area contributed by atoms with Gasteiger partial charge in [0, 0.05) is 41.0 Å². The summed E-state index contributed by atoms with van der Waals surface area (Å²) >= 11 is 4.76. The van der Waals surface area contributed by atoms with E-state index < -0.39 is 18.0 Å². The predicted molar refractivity (Wildman–Crippen MR) is 99.4 cm³/mol. The molecule has 1 fully saturated rings. The Morgan fingerprint density at radius 1 is 1.26 bits per heavy atom. The lowest BCUT2D eigenvalue weighted by atomic mass is 9.77. The summed E-state index contributed by atoms with van der Waals surface area (Å²) < 4.78 is 41.7. The highest BCUT2D eigenvalue weighted by Crippen LogP contribution is 2.50. The standard InChI is InChI=1S/C18H15BrF3NO3S/c19-9-6-8(13(25)7-14(9)26-18(20,21)22)15-16-10(2-1-3-12(16)24)23-11-4-5-27-17(11)15/h6-7,15,17,25H,1-5H2. The van der Waals surface area contributed by atoms with E-state index in [9.17, 15) is 23.1 Å².